The van der Waals surface area contributed by atoms with E-state index < -0.39 is 11.7 Å². The molecule has 3 nitrogen and oxygen atoms in total. The van der Waals surface area contributed by atoms with Gasteiger partial charge in [0.1, 0.15) is 5.78 Å². The Morgan fingerprint density at radius 2 is 2.07 bits per heavy atom. The molecule has 0 aromatic heterocycles. The minimum Gasteiger partial charge on any atom is -0.392 e. The van der Waals surface area contributed by atoms with Gasteiger partial charge in [-0.1, -0.05) is 13.8 Å². The molecule has 0 spiro atoms. The third-order valence-corrected chi connectivity index (χ3v) is 5.26. The summed E-state index contributed by atoms with van der Waals surface area (Å²) in [6.45, 7) is 4.07. The number of carbonyl (C=O) groups is 1. The van der Waals surface area contributed by atoms with Crippen molar-refractivity contribution in [3.63, 3.8) is 0 Å². The number of rotatable bonds is 0. The van der Waals surface area contributed by atoms with Crippen molar-refractivity contribution in [3.8, 4) is 0 Å². The Balaban J connectivity index is 2.13. The normalized spacial score (nSPS) is 62.5. The lowest BCUT2D eigenvalue weighted by molar-refractivity contribution is -0.143. The number of hydrogen-bond acceptors (Lipinski definition) is 3. The summed E-state index contributed by atoms with van der Waals surface area (Å²) in [4.78, 5) is 11.9. The number of hydrogen-bond donors (Lipinski definition) is 2. The minimum atomic E-state index is -0.900. The third-order valence-electron chi connectivity index (χ3n) is 5.26. The van der Waals surface area contributed by atoms with E-state index in [-0.39, 0.29) is 29.0 Å². The molecule has 15 heavy (non-hydrogen) atoms. The predicted octanol–water partition coefficient (Wildman–Crippen LogP) is 0.733. The molecule has 4 bridgehead atoms. The van der Waals surface area contributed by atoms with Crippen LogP contribution in [-0.4, -0.2) is 27.7 Å². The van der Waals surface area contributed by atoms with Crippen molar-refractivity contribution in [2.75, 3.05) is 0 Å². The minimum absolute atomic E-state index is 0.114. The van der Waals surface area contributed by atoms with Crippen LogP contribution in [0.3, 0.4) is 0 Å². The summed E-state index contributed by atoms with van der Waals surface area (Å²) in [5, 5.41) is 20.6. The van der Waals surface area contributed by atoms with E-state index in [0.29, 0.717) is 19.3 Å². The molecule has 3 heteroatoms. The molecule has 0 aromatic carbocycles. The lowest BCUT2D eigenvalue weighted by Crippen LogP contribution is -2.48. The van der Waals surface area contributed by atoms with Crippen molar-refractivity contribution in [2.24, 2.45) is 23.2 Å². The second-order valence-electron chi connectivity index (χ2n) is 6.10. The van der Waals surface area contributed by atoms with Crippen LogP contribution in [0.15, 0.2) is 0 Å². The maximum absolute atomic E-state index is 11.9. The van der Waals surface area contributed by atoms with Crippen LogP contribution in [0.1, 0.15) is 33.1 Å². The first-order chi connectivity index (χ1) is 6.89. The van der Waals surface area contributed by atoms with E-state index in [1.807, 2.05) is 13.8 Å². The van der Waals surface area contributed by atoms with E-state index in [1.165, 1.54) is 0 Å². The average Bonchev–Trinajstić information content (AvgIpc) is 2.39. The van der Waals surface area contributed by atoms with Gasteiger partial charge in [-0.3, -0.25) is 4.79 Å². The standard InChI is InChI=1S/C12H18O3/c1-6-3-8(13)7-4-11(2)9(14)5-12(7,15)10(6)11/h6-7,9-10,14-15H,3-5H2,1-2H3. The van der Waals surface area contributed by atoms with Crippen LogP contribution in [0, 0.1) is 23.2 Å². The van der Waals surface area contributed by atoms with Gasteiger partial charge in [0, 0.05) is 24.2 Å². The monoisotopic (exact) mass is 210 g/mol. The zero-order valence-electron chi connectivity index (χ0n) is 9.23. The van der Waals surface area contributed by atoms with Crippen molar-refractivity contribution >= 4 is 5.78 Å². The first kappa shape index (κ1) is 9.79. The van der Waals surface area contributed by atoms with E-state index in [1.54, 1.807) is 0 Å². The first-order valence-corrected chi connectivity index (χ1v) is 5.83. The van der Waals surface area contributed by atoms with Crippen LogP contribution in [0.25, 0.3) is 0 Å². The maximum Gasteiger partial charge on any atom is 0.139 e. The fourth-order valence-electron chi connectivity index (χ4n) is 4.80. The van der Waals surface area contributed by atoms with Gasteiger partial charge in [-0.05, 0) is 18.3 Å². The second-order valence-corrected chi connectivity index (χ2v) is 6.10. The topological polar surface area (TPSA) is 57.5 Å². The molecule has 0 amide bonds. The fourth-order valence-corrected chi connectivity index (χ4v) is 4.80. The van der Waals surface area contributed by atoms with Crippen LogP contribution in [-0.2, 0) is 4.79 Å². The zero-order valence-corrected chi connectivity index (χ0v) is 9.23. The highest BCUT2D eigenvalue weighted by atomic mass is 16.3. The smallest absolute Gasteiger partial charge is 0.139 e. The lowest BCUT2D eigenvalue weighted by Gasteiger charge is -2.39. The van der Waals surface area contributed by atoms with Gasteiger partial charge >= 0.3 is 0 Å². The van der Waals surface area contributed by atoms with Crippen LogP contribution >= 0.6 is 0 Å². The Morgan fingerprint density at radius 3 is 2.73 bits per heavy atom. The predicted molar refractivity (Wildman–Crippen MR) is 54.1 cm³/mol. The Bertz CT molecular complexity index is 340. The van der Waals surface area contributed by atoms with E-state index in [0.717, 1.165) is 0 Å². The Morgan fingerprint density at radius 1 is 1.40 bits per heavy atom. The van der Waals surface area contributed by atoms with Gasteiger partial charge in [-0.15, -0.1) is 0 Å². The highest BCUT2D eigenvalue weighted by molar-refractivity contribution is 5.85. The van der Waals surface area contributed by atoms with Crippen molar-refractivity contribution in [1.29, 1.82) is 0 Å². The largest absolute Gasteiger partial charge is 0.392 e. The number of carbonyl (C=O) groups excluding carboxylic acids is 1. The second kappa shape index (κ2) is 2.46. The van der Waals surface area contributed by atoms with Gasteiger partial charge in [0.25, 0.3) is 0 Å². The van der Waals surface area contributed by atoms with Crippen molar-refractivity contribution < 1.29 is 15.0 Å². The number of ketones is 1. The summed E-state index contributed by atoms with van der Waals surface area (Å²) in [7, 11) is 0. The lowest BCUT2D eigenvalue weighted by atomic mass is 9.68. The molecule has 0 aromatic rings. The average molecular weight is 210 g/mol. The molecule has 6 unspecified atom stereocenters. The van der Waals surface area contributed by atoms with Crippen LogP contribution in [0.2, 0.25) is 0 Å². The van der Waals surface area contributed by atoms with Crippen LogP contribution in [0.4, 0.5) is 0 Å². The Hall–Kier alpha value is -0.410. The number of aliphatic hydroxyl groups excluding tert-OH is 1. The molecular formula is C12H18O3. The Labute approximate surface area is 89.5 Å². The van der Waals surface area contributed by atoms with Crippen LogP contribution < -0.4 is 0 Å². The molecule has 3 rings (SSSR count). The van der Waals surface area contributed by atoms with Gasteiger partial charge < -0.3 is 10.2 Å². The highest BCUT2D eigenvalue weighted by Crippen LogP contribution is 2.68. The highest BCUT2D eigenvalue weighted by Gasteiger charge is 2.73. The third kappa shape index (κ3) is 0.878. The molecule has 84 valence electrons. The molecule has 3 saturated carbocycles. The number of aliphatic hydroxyl groups is 2. The van der Waals surface area contributed by atoms with Crippen molar-refractivity contribution in [1.82, 2.24) is 0 Å². The molecule has 3 aliphatic carbocycles. The SMILES string of the molecule is CC1CC(=O)C2CC3(C)C(O)CC2(O)C13. The van der Waals surface area contributed by atoms with E-state index in [9.17, 15) is 15.0 Å². The fraction of sp³-hybridized carbons (Fsp3) is 0.917. The van der Waals surface area contributed by atoms with Gasteiger partial charge in [0.2, 0.25) is 0 Å². The summed E-state index contributed by atoms with van der Waals surface area (Å²) < 4.78 is 0. The molecule has 0 heterocycles. The van der Waals surface area contributed by atoms with E-state index in [2.05, 4.69) is 0 Å². The van der Waals surface area contributed by atoms with Gasteiger partial charge in [-0.2, -0.15) is 0 Å². The Kier molecular flexibility index (Phi) is 1.61. The molecule has 2 N–H and O–H groups in total. The zero-order chi connectivity index (χ0) is 11.0. The molecule has 0 saturated heterocycles. The van der Waals surface area contributed by atoms with Gasteiger partial charge in [0.15, 0.2) is 0 Å². The molecule has 6 atom stereocenters. The molecule has 0 radical (unpaired) electrons. The first-order valence-electron chi connectivity index (χ1n) is 5.83. The number of Topliss-reactive ketones (excluding diaryl/α,β-unsaturated/α-hetero) is 1. The summed E-state index contributed by atoms with van der Waals surface area (Å²) in [6.07, 6.45) is 1.23. The van der Waals surface area contributed by atoms with Crippen LogP contribution in [0.5, 0.6) is 0 Å². The molecular weight excluding hydrogens is 192 g/mol. The van der Waals surface area contributed by atoms with E-state index >= 15 is 0 Å². The summed E-state index contributed by atoms with van der Waals surface area (Å²) in [5.41, 5.74) is -1.13. The molecule has 0 aliphatic heterocycles. The van der Waals surface area contributed by atoms with Crippen molar-refractivity contribution in [2.45, 2.75) is 44.8 Å². The van der Waals surface area contributed by atoms with E-state index in [4.69, 9.17) is 0 Å². The summed E-state index contributed by atoms with van der Waals surface area (Å²) in [5.74, 6) is 0.329. The molecule has 3 aliphatic rings. The van der Waals surface area contributed by atoms with Gasteiger partial charge in [0.05, 0.1) is 11.7 Å². The van der Waals surface area contributed by atoms with Gasteiger partial charge in [-0.25, -0.2) is 0 Å². The maximum atomic E-state index is 11.9. The van der Waals surface area contributed by atoms with Crippen molar-refractivity contribution in [3.05, 3.63) is 0 Å². The summed E-state index contributed by atoms with van der Waals surface area (Å²) >= 11 is 0. The molecule has 3 fully saturated rings. The summed E-state index contributed by atoms with van der Waals surface area (Å²) in [6, 6.07) is 0. The quantitative estimate of drug-likeness (QED) is 0.620.